The number of aliphatic hydroxyl groups excluding tert-OH is 3. The number of hydrogen-bond acceptors (Lipinski definition) is 8. The van der Waals surface area contributed by atoms with E-state index in [-0.39, 0.29) is 12.4 Å². The van der Waals surface area contributed by atoms with Crippen molar-refractivity contribution in [2.24, 2.45) is 0 Å². The Morgan fingerprint density at radius 2 is 1.79 bits per heavy atom. The fraction of sp³-hybridized carbons (Fsp3) is 0.333. The zero-order valence-corrected chi connectivity index (χ0v) is 21.5. The van der Waals surface area contributed by atoms with Crippen LogP contribution in [0.1, 0.15) is 23.2 Å². The van der Waals surface area contributed by atoms with Crippen LogP contribution < -0.4 is 9.30 Å². The van der Waals surface area contributed by atoms with Crippen molar-refractivity contribution >= 4 is 12.0 Å². The highest BCUT2D eigenvalue weighted by atomic mass is 16.7. The molecule has 0 saturated carbocycles. The lowest BCUT2D eigenvalue weighted by molar-refractivity contribution is -0.690. The summed E-state index contributed by atoms with van der Waals surface area (Å²) in [6.07, 6.45) is 0.141. The number of carbonyl (C=O) groups excluding carboxylic acids is 1. The highest BCUT2D eigenvalue weighted by Crippen LogP contribution is 2.29. The molecule has 3 aromatic rings. The predicted octanol–water partition coefficient (Wildman–Crippen LogP) is 2.04. The summed E-state index contributed by atoms with van der Waals surface area (Å²) in [5.41, 5.74) is 5.36. The topological polar surface area (TPSA) is 130 Å². The monoisotopic (exact) mass is 534 g/mol. The van der Waals surface area contributed by atoms with Crippen LogP contribution in [-0.2, 0) is 27.2 Å². The Bertz CT molecular complexity index is 1340. The van der Waals surface area contributed by atoms with Crippen LogP contribution in [0.5, 0.6) is 11.5 Å². The largest absolute Gasteiger partial charge is 0.508 e. The van der Waals surface area contributed by atoms with Gasteiger partial charge in [-0.3, -0.25) is 0 Å². The summed E-state index contributed by atoms with van der Waals surface area (Å²) in [4.78, 5) is 12.1. The molecule has 204 valence electrons. The number of carbonyl (C=O) groups is 1. The van der Waals surface area contributed by atoms with Crippen molar-refractivity contribution in [1.82, 2.24) is 0 Å². The van der Waals surface area contributed by atoms with Crippen LogP contribution in [0.25, 0.3) is 17.2 Å². The van der Waals surface area contributed by atoms with Crippen LogP contribution in [0.3, 0.4) is 0 Å². The molecule has 0 unspecified atom stereocenters. The predicted molar refractivity (Wildman–Crippen MR) is 141 cm³/mol. The maximum atomic E-state index is 12.1. The number of fused-ring (bicyclic) bond motifs is 1. The molecule has 0 bridgehead atoms. The summed E-state index contributed by atoms with van der Waals surface area (Å²) in [6, 6.07) is 15.8. The van der Waals surface area contributed by atoms with Crippen LogP contribution in [0, 0.1) is 6.92 Å². The minimum Gasteiger partial charge on any atom is -0.508 e. The zero-order valence-electron chi connectivity index (χ0n) is 21.5. The van der Waals surface area contributed by atoms with Gasteiger partial charge in [0.15, 0.2) is 11.9 Å². The average molecular weight is 535 g/mol. The molecule has 9 nitrogen and oxygen atoms in total. The maximum absolute atomic E-state index is 12.1. The molecule has 0 amide bonds. The molecule has 0 aliphatic carbocycles. The van der Waals surface area contributed by atoms with Crippen LogP contribution >= 0.6 is 0 Å². The van der Waals surface area contributed by atoms with Crippen LogP contribution in [0.2, 0.25) is 0 Å². The van der Waals surface area contributed by atoms with Crippen molar-refractivity contribution < 1.29 is 44.0 Å². The Balaban J connectivity index is 1.20. The van der Waals surface area contributed by atoms with Gasteiger partial charge in [0.2, 0.25) is 6.29 Å². The maximum Gasteiger partial charge on any atom is 0.330 e. The summed E-state index contributed by atoms with van der Waals surface area (Å²) < 4.78 is 18.9. The number of aliphatic hydroxyl groups is 3. The Morgan fingerprint density at radius 3 is 2.54 bits per heavy atom. The number of phenols is 1. The van der Waals surface area contributed by atoms with Gasteiger partial charge in [0.05, 0.1) is 0 Å². The summed E-state index contributed by atoms with van der Waals surface area (Å²) in [6.45, 7) is 2.74. The number of pyridine rings is 1. The second-order valence-corrected chi connectivity index (χ2v) is 9.87. The smallest absolute Gasteiger partial charge is 0.330 e. The molecule has 4 N–H and O–H groups in total. The van der Waals surface area contributed by atoms with E-state index in [1.54, 1.807) is 24.3 Å². The molecule has 39 heavy (non-hydrogen) atoms. The van der Waals surface area contributed by atoms with Gasteiger partial charge in [-0.1, -0.05) is 24.3 Å². The highest BCUT2D eigenvalue weighted by molar-refractivity contribution is 5.87. The fourth-order valence-corrected chi connectivity index (χ4v) is 4.87. The summed E-state index contributed by atoms with van der Waals surface area (Å²) >= 11 is 0. The first-order valence-corrected chi connectivity index (χ1v) is 12.9. The van der Waals surface area contributed by atoms with E-state index in [0.29, 0.717) is 11.3 Å². The fourth-order valence-electron chi connectivity index (χ4n) is 4.87. The van der Waals surface area contributed by atoms with Gasteiger partial charge < -0.3 is 34.6 Å². The Morgan fingerprint density at radius 1 is 1.05 bits per heavy atom. The number of esters is 1. The van der Waals surface area contributed by atoms with Gasteiger partial charge in [-0.25, -0.2) is 9.36 Å². The molecule has 2 aliphatic heterocycles. The number of ether oxygens (including phenoxy) is 3. The second kappa shape index (κ2) is 11.5. The van der Waals surface area contributed by atoms with Gasteiger partial charge in [0.25, 0.3) is 0 Å². The lowest BCUT2D eigenvalue weighted by Crippen LogP contribution is -2.60. The lowest BCUT2D eigenvalue weighted by Gasteiger charge is -2.39. The number of aryl methyl sites for hydroxylation is 3. The first kappa shape index (κ1) is 26.8. The van der Waals surface area contributed by atoms with Gasteiger partial charge in [0, 0.05) is 30.5 Å². The molecule has 1 aromatic heterocycles. The molecule has 2 aliphatic rings. The van der Waals surface area contributed by atoms with E-state index in [2.05, 4.69) is 23.8 Å². The number of nitrogens with zero attached hydrogens (tertiary/aromatic N) is 1. The van der Waals surface area contributed by atoms with Crippen molar-refractivity contribution in [2.45, 2.75) is 57.0 Å². The van der Waals surface area contributed by atoms with E-state index in [4.69, 9.17) is 14.2 Å². The number of phenolic OH excluding ortho intramolecular Hbond substituents is 1. The third-order valence-corrected chi connectivity index (χ3v) is 7.07. The van der Waals surface area contributed by atoms with Crippen LogP contribution in [0.15, 0.2) is 66.9 Å². The van der Waals surface area contributed by atoms with E-state index in [1.165, 1.54) is 35.5 Å². The van der Waals surface area contributed by atoms with Gasteiger partial charge >= 0.3 is 5.97 Å². The number of aromatic hydroxyl groups is 1. The van der Waals surface area contributed by atoms with Crippen molar-refractivity contribution in [3.63, 3.8) is 0 Å². The van der Waals surface area contributed by atoms with E-state index in [1.807, 2.05) is 12.1 Å². The minimum absolute atomic E-state index is 0.111. The standard InChI is InChI=1S/C30H31NO8/c1-18-15-21-3-2-14-31(21)16-24(18)20-7-11-23(12-8-20)38-30-29(36)28(35)27(34)25(39-30)17-37-26(33)13-6-19-4-9-22(32)10-5-19/h4-13,15-16,25,27-30,34-36H,2-3,14,17H2,1H3/p+1/t25-,27-,28+,29-,30-/m1/s1. The van der Waals surface area contributed by atoms with E-state index < -0.39 is 36.7 Å². The van der Waals surface area contributed by atoms with E-state index in [0.717, 1.165) is 30.5 Å². The average Bonchev–Trinajstić information content (AvgIpc) is 3.39. The van der Waals surface area contributed by atoms with E-state index >= 15 is 0 Å². The molecule has 0 radical (unpaired) electrons. The first-order valence-electron chi connectivity index (χ1n) is 12.9. The molecular weight excluding hydrogens is 502 g/mol. The molecule has 1 fully saturated rings. The number of aromatic nitrogens is 1. The number of rotatable bonds is 7. The van der Waals surface area contributed by atoms with Crippen molar-refractivity contribution in [3.8, 4) is 22.6 Å². The summed E-state index contributed by atoms with van der Waals surface area (Å²) in [5, 5.41) is 40.5. The van der Waals surface area contributed by atoms with E-state index in [9.17, 15) is 25.2 Å². The zero-order chi connectivity index (χ0) is 27.5. The van der Waals surface area contributed by atoms with Gasteiger partial charge in [-0.15, -0.1) is 0 Å². The van der Waals surface area contributed by atoms with Crippen molar-refractivity contribution in [3.05, 3.63) is 83.7 Å². The third kappa shape index (κ3) is 6.12. The van der Waals surface area contributed by atoms with Crippen molar-refractivity contribution in [2.75, 3.05) is 6.61 Å². The van der Waals surface area contributed by atoms with Gasteiger partial charge in [-0.05, 0) is 54.0 Å². The quantitative estimate of drug-likeness (QED) is 0.206. The van der Waals surface area contributed by atoms with Gasteiger partial charge in [0.1, 0.15) is 49.1 Å². The molecule has 0 spiro atoms. The Kier molecular flexibility index (Phi) is 7.94. The normalized spacial score (nSPS) is 24.5. The number of benzene rings is 2. The van der Waals surface area contributed by atoms with Crippen molar-refractivity contribution in [1.29, 1.82) is 0 Å². The lowest BCUT2D eigenvalue weighted by atomic mass is 9.99. The number of hydrogen-bond donors (Lipinski definition) is 4. The first-order chi connectivity index (χ1) is 18.8. The summed E-state index contributed by atoms with van der Waals surface area (Å²) in [5.74, 6) is -0.169. The molecular formula is C30H32NO8+. The van der Waals surface area contributed by atoms with Gasteiger partial charge in [-0.2, -0.15) is 0 Å². The molecule has 2 aromatic carbocycles. The molecule has 1 saturated heterocycles. The second-order valence-electron chi connectivity index (χ2n) is 9.87. The van der Waals surface area contributed by atoms with Crippen LogP contribution in [-0.4, -0.2) is 63.7 Å². The third-order valence-electron chi connectivity index (χ3n) is 7.07. The minimum atomic E-state index is -1.56. The SMILES string of the molecule is Cc1cc2[n+](cc1-c1ccc(O[C@@H]3O[C@H](COC(=O)/C=C/c4ccc(O)cc4)[C@@H](O)[C@H](O)[C@H]3O)cc1)CCC2. The molecule has 3 heterocycles. The highest BCUT2D eigenvalue weighted by Gasteiger charge is 2.45. The summed E-state index contributed by atoms with van der Waals surface area (Å²) in [7, 11) is 0. The van der Waals surface area contributed by atoms with Crippen LogP contribution in [0.4, 0.5) is 0 Å². The molecule has 5 atom stereocenters. The molecule has 9 heteroatoms. The Hall–Kier alpha value is -3.76. The molecule has 5 rings (SSSR count). The Labute approximate surface area is 226 Å².